The van der Waals surface area contributed by atoms with E-state index in [-0.39, 0.29) is 18.4 Å². The Balaban J connectivity index is 1.74. The molecule has 2 N–H and O–H groups in total. The Kier molecular flexibility index (Phi) is 6.25. The first-order valence-electron chi connectivity index (χ1n) is 7.83. The minimum atomic E-state index is -1.12. The van der Waals surface area contributed by atoms with Gasteiger partial charge in [0.15, 0.2) is 6.10 Å². The summed E-state index contributed by atoms with van der Waals surface area (Å²) in [5.74, 6) is -1.59. The third-order valence-corrected chi connectivity index (χ3v) is 3.68. The molecule has 2 aliphatic rings. The molecule has 0 bridgehead atoms. The van der Waals surface area contributed by atoms with Crippen molar-refractivity contribution < 1.29 is 28.6 Å². The van der Waals surface area contributed by atoms with Crippen LogP contribution in [0.5, 0.6) is 0 Å². The highest BCUT2D eigenvalue weighted by atomic mass is 16.6. The average molecular weight is 326 g/mol. The Morgan fingerprint density at radius 1 is 1.22 bits per heavy atom. The molecule has 1 aliphatic heterocycles. The zero-order valence-corrected chi connectivity index (χ0v) is 13.1. The summed E-state index contributed by atoms with van der Waals surface area (Å²) < 4.78 is 14.9. The molecular formula is C15H22N2O6. The minimum Gasteiger partial charge on any atom is -0.493 e. The van der Waals surface area contributed by atoms with E-state index in [0.29, 0.717) is 6.61 Å². The molecule has 0 spiro atoms. The van der Waals surface area contributed by atoms with E-state index in [9.17, 15) is 14.4 Å². The van der Waals surface area contributed by atoms with Crippen molar-refractivity contribution >= 4 is 17.9 Å². The Morgan fingerprint density at radius 2 is 1.96 bits per heavy atom. The summed E-state index contributed by atoms with van der Waals surface area (Å²) in [6.07, 6.45) is 5.18. The fraction of sp³-hybridized carbons (Fsp3) is 0.667. The third-order valence-electron chi connectivity index (χ3n) is 3.68. The maximum Gasteiger partial charge on any atom is 0.377 e. The highest BCUT2D eigenvalue weighted by Gasteiger charge is 2.25. The van der Waals surface area contributed by atoms with Crippen LogP contribution in [-0.4, -0.2) is 43.3 Å². The Bertz CT molecular complexity index is 484. The molecule has 1 fully saturated rings. The van der Waals surface area contributed by atoms with Crippen molar-refractivity contribution in [2.24, 2.45) is 0 Å². The molecule has 0 aromatic carbocycles. The van der Waals surface area contributed by atoms with Gasteiger partial charge in [0.2, 0.25) is 5.76 Å². The summed E-state index contributed by atoms with van der Waals surface area (Å²) in [6.45, 7) is 1.98. The summed E-state index contributed by atoms with van der Waals surface area (Å²) in [4.78, 5) is 35.4. The molecule has 3 amide bonds. The molecule has 1 saturated carbocycles. The SMILES string of the molecule is C[C@@H](OC(=O)C1=COCCO1)C(=O)NC(=O)NC1CCCCC1. The van der Waals surface area contributed by atoms with Gasteiger partial charge in [-0.1, -0.05) is 19.3 Å². The molecule has 1 aliphatic carbocycles. The first-order valence-corrected chi connectivity index (χ1v) is 7.83. The van der Waals surface area contributed by atoms with E-state index >= 15 is 0 Å². The van der Waals surface area contributed by atoms with E-state index < -0.39 is 24.0 Å². The van der Waals surface area contributed by atoms with Gasteiger partial charge >= 0.3 is 12.0 Å². The van der Waals surface area contributed by atoms with Crippen LogP contribution in [0.15, 0.2) is 12.0 Å². The quantitative estimate of drug-likeness (QED) is 0.746. The highest BCUT2D eigenvalue weighted by Crippen LogP contribution is 2.17. The van der Waals surface area contributed by atoms with E-state index in [1.165, 1.54) is 13.3 Å². The standard InChI is InChI=1S/C15H22N2O6/c1-10(23-14(19)12-9-21-7-8-22-12)13(18)17-15(20)16-11-5-3-2-4-6-11/h9-11H,2-8H2,1H3,(H2,16,17,18,20)/t10-/m1/s1. The van der Waals surface area contributed by atoms with E-state index in [4.69, 9.17) is 14.2 Å². The van der Waals surface area contributed by atoms with Gasteiger partial charge in [-0.2, -0.15) is 0 Å². The number of carbonyl (C=O) groups is 3. The van der Waals surface area contributed by atoms with Gasteiger partial charge in [0, 0.05) is 6.04 Å². The summed E-state index contributed by atoms with van der Waals surface area (Å²) in [5, 5.41) is 4.93. The lowest BCUT2D eigenvalue weighted by Gasteiger charge is -2.23. The number of nitrogens with one attached hydrogen (secondary N) is 2. The first kappa shape index (κ1) is 17.1. The number of hydrogen-bond donors (Lipinski definition) is 2. The van der Waals surface area contributed by atoms with E-state index in [1.54, 1.807) is 0 Å². The molecule has 1 atom stereocenters. The molecule has 8 nitrogen and oxygen atoms in total. The van der Waals surface area contributed by atoms with Gasteiger partial charge in [-0.05, 0) is 19.8 Å². The number of amides is 3. The van der Waals surface area contributed by atoms with Gasteiger partial charge in [0.1, 0.15) is 19.5 Å². The molecular weight excluding hydrogens is 304 g/mol. The van der Waals surface area contributed by atoms with Crippen LogP contribution in [-0.2, 0) is 23.8 Å². The molecule has 0 saturated heterocycles. The molecule has 2 rings (SSSR count). The molecule has 23 heavy (non-hydrogen) atoms. The van der Waals surface area contributed by atoms with Gasteiger partial charge in [-0.15, -0.1) is 0 Å². The van der Waals surface area contributed by atoms with Crippen molar-refractivity contribution in [1.82, 2.24) is 10.6 Å². The molecule has 128 valence electrons. The van der Waals surface area contributed by atoms with Gasteiger partial charge < -0.3 is 19.5 Å². The van der Waals surface area contributed by atoms with Crippen molar-refractivity contribution in [1.29, 1.82) is 0 Å². The Morgan fingerprint density at radius 3 is 2.61 bits per heavy atom. The zero-order chi connectivity index (χ0) is 16.7. The van der Waals surface area contributed by atoms with Crippen LogP contribution < -0.4 is 10.6 Å². The van der Waals surface area contributed by atoms with Crippen LogP contribution in [0.2, 0.25) is 0 Å². The highest BCUT2D eigenvalue weighted by molar-refractivity contribution is 5.98. The number of rotatable bonds is 4. The molecule has 1 heterocycles. The normalized spacial score (nSPS) is 19.4. The molecule has 0 aromatic heterocycles. The number of imide groups is 1. The van der Waals surface area contributed by atoms with Gasteiger partial charge in [0.05, 0.1) is 0 Å². The van der Waals surface area contributed by atoms with E-state index in [1.807, 2.05) is 0 Å². The van der Waals surface area contributed by atoms with Crippen molar-refractivity contribution in [3.05, 3.63) is 12.0 Å². The van der Waals surface area contributed by atoms with Crippen molar-refractivity contribution in [3.63, 3.8) is 0 Å². The second kappa shape index (κ2) is 8.40. The topological polar surface area (TPSA) is 103 Å². The lowest BCUT2D eigenvalue weighted by Crippen LogP contribution is -2.48. The second-order valence-electron chi connectivity index (χ2n) is 5.55. The van der Waals surface area contributed by atoms with Crippen LogP contribution in [0.1, 0.15) is 39.0 Å². The largest absolute Gasteiger partial charge is 0.493 e. The first-order chi connectivity index (χ1) is 11.1. The summed E-state index contributed by atoms with van der Waals surface area (Å²) >= 11 is 0. The summed E-state index contributed by atoms with van der Waals surface area (Å²) in [5.41, 5.74) is 0. The van der Waals surface area contributed by atoms with Crippen LogP contribution in [0, 0.1) is 0 Å². The van der Waals surface area contributed by atoms with Crippen LogP contribution in [0.3, 0.4) is 0 Å². The van der Waals surface area contributed by atoms with Gasteiger partial charge in [0.25, 0.3) is 5.91 Å². The fourth-order valence-electron chi connectivity index (χ4n) is 2.43. The number of hydrogen-bond acceptors (Lipinski definition) is 6. The maximum atomic E-state index is 11.9. The van der Waals surface area contributed by atoms with Crippen LogP contribution in [0.4, 0.5) is 4.79 Å². The van der Waals surface area contributed by atoms with Gasteiger partial charge in [-0.3, -0.25) is 10.1 Å². The predicted molar refractivity (Wildman–Crippen MR) is 79.1 cm³/mol. The molecule has 8 heteroatoms. The number of ether oxygens (including phenoxy) is 3. The Hall–Kier alpha value is -2.25. The predicted octanol–water partition coefficient (Wildman–Crippen LogP) is 0.965. The maximum absolute atomic E-state index is 11.9. The molecule has 0 aromatic rings. The van der Waals surface area contributed by atoms with Gasteiger partial charge in [-0.25, -0.2) is 9.59 Å². The average Bonchev–Trinajstić information content (AvgIpc) is 2.56. The van der Waals surface area contributed by atoms with E-state index in [2.05, 4.69) is 10.6 Å². The van der Waals surface area contributed by atoms with Crippen molar-refractivity contribution in [3.8, 4) is 0 Å². The van der Waals surface area contributed by atoms with Crippen molar-refractivity contribution in [2.75, 3.05) is 13.2 Å². The fourth-order valence-corrected chi connectivity index (χ4v) is 2.43. The van der Waals surface area contributed by atoms with Crippen molar-refractivity contribution in [2.45, 2.75) is 51.2 Å². The molecule has 0 unspecified atom stereocenters. The number of esters is 1. The molecule has 0 radical (unpaired) electrons. The van der Waals surface area contributed by atoms with Crippen LogP contribution in [0.25, 0.3) is 0 Å². The summed E-state index contributed by atoms with van der Waals surface area (Å²) in [7, 11) is 0. The Labute approximate surface area is 134 Å². The monoisotopic (exact) mass is 326 g/mol. The third kappa shape index (κ3) is 5.46. The lowest BCUT2D eigenvalue weighted by atomic mass is 9.96. The summed E-state index contributed by atoms with van der Waals surface area (Å²) in [6, 6.07) is -0.478. The van der Waals surface area contributed by atoms with Crippen LogP contribution >= 0.6 is 0 Å². The lowest BCUT2D eigenvalue weighted by molar-refractivity contribution is -0.155. The minimum absolute atomic E-state index is 0.0901. The number of urea groups is 1. The second-order valence-corrected chi connectivity index (χ2v) is 5.55. The smallest absolute Gasteiger partial charge is 0.377 e. The zero-order valence-electron chi connectivity index (χ0n) is 13.1. The van der Waals surface area contributed by atoms with E-state index in [0.717, 1.165) is 31.9 Å². The number of carbonyl (C=O) groups excluding carboxylic acids is 3.